The van der Waals surface area contributed by atoms with E-state index >= 15 is 0 Å². The molecular formula is C22H19F6N3O. The number of rotatable bonds is 3. The summed E-state index contributed by atoms with van der Waals surface area (Å²) in [7, 11) is 0. The maximum atomic E-state index is 14.1. The number of aromatic nitrogens is 3. The standard InChI is InChI=1S/C22H19F6N3O/c1-19(2,3)20(32,15-10-29-12-30-11-15)16-6-4-13(8-17(16)21(23,24)25)14-5-7-18(31-9-14)22(26,27)28/h4-12,32H,1-3H3. The molecule has 1 aromatic carbocycles. The molecule has 4 nitrogen and oxygen atoms in total. The van der Waals surface area contributed by atoms with Crippen molar-refractivity contribution < 1.29 is 31.4 Å². The van der Waals surface area contributed by atoms with Crippen molar-refractivity contribution >= 4 is 0 Å². The molecule has 0 saturated carbocycles. The van der Waals surface area contributed by atoms with E-state index in [1.54, 1.807) is 20.8 Å². The van der Waals surface area contributed by atoms with Gasteiger partial charge in [0.25, 0.3) is 0 Å². The Morgan fingerprint density at radius 3 is 1.78 bits per heavy atom. The van der Waals surface area contributed by atoms with Crippen LogP contribution in [0.15, 0.2) is 55.2 Å². The Hall–Kier alpha value is -3.01. The fraction of sp³-hybridized carbons (Fsp3) is 0.318. The maximum absolute atomic E-state index is 14.1. The highest BCUT2D eigenvalue weighted by molar-refractivity contribution is 5.65. The van der Waals surface area contributed by atoms with Gasteiger partial charge in [0.15, 0.2) is 0 Å². The number of hydrogen-bond acceptors (Lipinski definition) is 4. The second kappa shape index (κ2) is 7.84. The van der Waals surface area contributed by atoms with Gasteiger partial charge in [0, 0.05) is 35.3 Å². The van der Waals surface area contributed by atoms with Crippen molar-refractivity contribution in [1.29, 1.82) is 0 Å². The average molecular weight is 455 g/mol. The van der Waals surface area contributed by atoms with E-state index in [0.717, 1.165) is 24.4 Å². The average Bonchev–Trinajstić information content (AvgIpc) is 2.71. The van der Waals surface area contributed by atoms with E-state index < -0.39 is 40.2 Å². The molecule has 0 radical (unpaired) electrons. The summed E-state index contributed by atoms with van der Waals surface area (Å²) in [6, 6.07) is 4.96. The zero-order valence-corrected chi connectivity index (χ0v) is 17.3. The molecule has 0 aliphatic rings. The van der Waals surface area contributed by atoms with E-state index in [1.807, 2.05) is 0 Å². The van der Waals surface area contributed by atoms with Gasteiger partial charge in [-0.3, -0.25) is 4.98 Å². The molecule has 1 atom stereocenters. The normalized spacial score (nSPS) is 14.8. The summed E-state index contributed by atoms with van der Waals surface area (Å²) in [5.74, 6) is 0. The van der Waals surface area contributed by atoms with Crippen LogP contribution in [0.3, 0.4) is 0 Å². The van der Waals surface area contributed by atoms with Crippen LogP contribution in [0.5, 0.6) is 0 Å². The Morgan fingerprint density at radius 1 is 0.719 bits per heavy atom. The Morgan fingerprint density at radius 2 is 1.31 bits per heavy atom. The molecule has 1 N–H and O–H groups in total. The van der Waals surface area contributed by atoms with Crippen LogP contribution >= 0.6 is 0 Å². The Bertz CT molecular complexity index is 1090. The van der Waals surface area contributed by atoms with Crippen molar-refractivity contribution in [3.8, 4) is 11.1 Å². The molecule has 3 rings (SSSR count). The third kappa shape index (κ3) is 4.32. The Kier molecular flexibility index (Phi) is 5.80. The van der Waals surface area contributed by atoms with E-state index in [9.17, 15) is 31.4 Å². The zero-order chi connectivity index (χ0) is 23.9. The van der Waals surface area contributed by atoms with Crippen LogP contribution in [-0.4, -0.2) is 20.1 Å². The smallest absolute Gasteiger partial charge is 0.380 e. The minimum Gasteiger partial charge on any atom is -0.380 e. The number of halogens is 6. The number of benzene rings is 1. The summed E-state index contributed by atoms with van der Waals surface area (Å²) < 4.78 is 80.5. The quantitative estimate of drug-likeness (QED) is 0.503. The van der Waals surface area contributed by atoms with E-state index in [-0.39, 0.29) is 16.7 Å². The lowest BCUT2D eigenvalue weighted by atomic mass is 9.67. The van der Waals surface area contributed by atoms with Crippen LogP contribution in [0.4, 0.5) is 26.3 Å². The van der Waals surface area contributed by atoms with Gasteiger partial charge in [0.1, 0.15) is 17.6 Å². The van der Waals surface area contributed by atoms with Gasteiger partial charge in [-0.15, -0.1) is 0 Å². The van der Waals surface area contributed by atoms with Crippen molar-refractivity contribution in [3.63, 3.8) is 0 Å². The molecule has 0 aliphatic carbocycles. The van der Waals surface area contributed by atoms with Crippen LogP contribution < -0.4 is 0 Å². The summed E-state index contributed by atoms with van der Waals surface area (Å²) >= 11 is 0. The van der Waals surface area contributed by atoms with Crippen molar-refractivity contribution in [2.45, 2.75) is 38.7 Å². The number of pyridine rings is 1. The molecule has 1 unspecified atom stereocenters. The van der Waals surface area contributed by atoms with Gasteiger partial charge < -0.3 is 5.11 Å². The number of alkyl halides is 6. The lowest BCUT2D eigenvalue weighted by Crippen LogP contribution is -2.42. The fourth-order valence-electron chi connectivity index (χ4n) is 3.48. The first-order valence-corrected chi connectivity index (χ1v) is 9.39. The molecule has 10 heteroatoms. The number of aliphatic hydroxyl groups is 1. The zero-order valence-electron chi connectivity index (χ0n) is 17.3. The number of hydrogen-bond donors (Lipinski definition) is 1. The second-order valence-electron chi connectivity index (χ2n) is 8.28. The largest absolute Gasteiger partial charge is 0.433 e. The van der Waals surface area contributed by atoms with Crippen molar-refractivity contribution in [1.82, 2.24) is 15.0 Å². The minimum absolute atomic E-state index is 0.00266. The predicted octanol–water partition coefficient (Wildman–Crippen LogP) is 5.86. The van der Waals surface area contributed by atoms with Crippen LogP contribution in [0.1, 0.15) is 43.2 Å². The summed E-state index contributed by atoms with van der Waals surface area (Å²) in [5, 5.41) is 11.6. The highest BCUT2D eigenvalue weighted by Crippen LogP contribution is 2.49. The Balaban J connectivity index is 2.22. The molecule has 0 bridgehead atoms. The van der Waals surface area contributed by atoms with E-state index in [4.69, 9.17) is 0 Å². The Labute approximate surface area is 180 Å². The van der Waals surface area contributed by atoms with E-state index in [0.29, 0.717) is 6.07 Å². The second-order valence-corrected chi connectivity index (χ2v) is 8.28. The van der Waals surface area contributed by atoms with Crippen molar-refractivity contribution in [2.75, 3.05) is 0 Å². The predicted molar refractivity (Wildman–Crippen MR) is 104 cm³/mol. The highest BCUT2D eigenvalue weighted by atomic mass is 19.4. The first-order chi connectivity index (χ1) is 14.7. The lowest BCUT2D eigenvalue weighted by Gasteiger charge is -2.42. The first kappa shape index (κ1) is 23.6. The highest BCUT2D eigenvalue weighted by Gasteiger charge is 2.49. The molecule has 2 aromatic heterocycles. The minimum atomic E-state index is -4.86. The summed E-state index contributed by atoms with van der Waals surface area (Å²) in [5.41, 5.74) is -5.78. The maximum Gasteiger partial charge on any atom is 0.433 e. The third-order valence-electron chi connectivity index (χ3n) is 5.17. The van der Waals surface area contributed by atoms with Gasteiger partial charge in [-0.25, -0.2) is 9.97 Å². The van der Waals surface area contributed by atoms with Gasteiger partial charge in [0.05, 0.1) is 5.56 Å². The van der Waals surface area contributed by atoms with Gasteiger partial charge in [-0.1, -0.05) is 39.0 Å². The third-order valence-corrected chi connectivity index (χ3v) is 5.17. The van der Waals surface area contributed by atoms with E-state index in [1.165, 1.54) is 24.8 Å². The molecule has 0 amide bonds. The summed E-state index contributed by atoms with van der Waals surface area (Å²) in [4.78, 5) is 10.9. The van der Waals surface area contributed by atoms with Gasteiger partial charge in [-0.05, 0) is 23.1 Å². The molecule has 0 aliphatic heterocycles. The topological polar surface area (TPSA) is 58.9 Å². The van der Waals surface area contributed by atoms with Gasteiger partial charge in [-0.2, -0.15) is 26.3 Å². The van der Waals surface area contributed by atoms with Gasteiger partial charge in [0.2, 0.25) is 0 Å². The van der Waals surface area contributed by atoms with Crippen molar-refractivity contribution in [3.05, 3.63) is 77.6 Å². The van der Waals surface area contributed by atoms with Crippen LogP contribution in [-0.2, 0) is 18.0 Å². The van der Waals surface area contributed by atoms with Crippen LogP contribution in [0.2, 0.25) is 0 Å². The van der Waals surface area contributed by atoms with Gasteiger partial charge >= 0.3 is 12.4 Å². The lowest BCUT2D eigenvalue weighted by molar-refractivity contribution is -0.142. The molecule has 32 heavy (non-hydrogen) atoms. The molecule has 0 saturated heterocycles. The molecular weight excluding hydrogens is 436 g/mol. The fourth-order valence-corrected chi connectivity index (χ4v) is 3.48. The SMILES string of the molecule is CC(C)(C)C(O)(c1cncnc1)c1ccc(-c2ccc(C(F)(F)F)nc2)cc1C(F)(F)F. The molecule has 0 spiro atoms. The molecule has 170 valence electrons. The molecule has 3 aromatic rings. The summed E-state index contributed by atoms with van der Waals surface area (Å²) in [6.45, 7) is 4.73. The summed E-state index contributed by atoms with van der Waals surface area (Å²) in [6.07, 6.45) is -4.99. The number of nitrogens with zero attached hydrogens (tertiary/aromatic N) is 3. The van der Waals surface area contributed by atoms with E-state index in [2.05, 4.69) is 15.0 Å². The first-order valence-electron chi connectivity index (χ1n) is 9.39. The van der Waals surface area contributed by atoms with Crippen LogP contribution in [0, 0.1) is 5.41 Å². The molecule has 0 fully saturated rings. The van der Waals surface area contributed by atoms with Crippen LogP contribution in [0.25, 0.3) is 11.1 Å². The molecule has 2 heterocycles. The van der Waals surface area contributed by atoms with Crippen molar-refractivity contribution in [2.24, 2.45) is 5.41 Å². The monoisotopic (exact) mass is 455 g/mol.